The van der Waals surface area contributed by atoms with E-state index in [-0.39, 0.29) is 0 Å². The molecule has 0 saturated heterocycles. The maximum Gasteiger partial charge on any atom is 0.181 e. The van der Waals surface area contributed by atoms with Crippen molar-refractivity contribution in [3.8, 4) is 0 Å². The van der Waals surface area contributed by atoms with Crippen molar-refractivity contribution in [2.24, 2.45) is 0 Å². The summed E-state index contributed by atoms with van der Waals surface area (Å²) >= 11 is 1.73. The van der Waals surface area contributed by atoms with E-state index in [0.29, 0.717) is 0 Å². The molecule has 0 spiro atoms. The predicted octanol–water partition coefficient (Wildman–Crippen LogP) is 2.66. The van der Waals surface area contributed by atoms with Gasteiger partial charge < -0.3 is 10.7 Å². The summed E-state index contributed by atoms with van der Waals surface area (Å²) in [5.41, 5.74) is 9.44. The Morgan fingerprint density at radius 1 is 1.10 bits per heavy atom. The van der Waals surface area contributed by atoms with Crippen LogP contribution in [0, 0.1) is 0 Å². The second kappa shape index (κ2) is 5.92. The first-order valence-corrected chi connectivity index (χ1v) is 7.43. The van der Waals surface area contributed by atoms with Crippen molar-refractivity contribution >= 4 is 28.6 Å². The molecule has 0 aliphatic carbocycles. The number of imidazole rings is 1. The third-order valence-electron chi connectivity index (χ3n) is 3.02. The third kappa shape index (κ3) is 2.91. The molecule has 0 fully saturated rings. The molecule has 0 radical (unpaired) electrons. The zero-order valence-electron chi connectivity index (χ0n) is 10.9. The number of nitrogens with zero attached hydrogens (tertiary/aromatic N) is 3. The van der Waals surface area contributed by atoms with Crippen LogP contribution in [0.1, 0.15) is 12.0 Å². The van der Waals surface area contributed by atoms with Crippen molar-refractivity contribution in [3.05, 3.63) is 42.5 Å². The quantitative estimate of drug-likeness (QED) is 0.326. The largest absolute Gasteiger partial charge is 0.399 e. The monoisotopic (exact) mass is 285 g/mol. The molecule has 0 bridgehead atoms. The van der Waals surface area contributed by atoms with Crippen LogP contribution in [0.5, 0.6) is 0 Å². The van der Waals surface area contributed by atoms with Crippen LogP contribution in [-0.2, 0) is 6.42 Å². The Morgan fingerprint density at radius 2 is 1.95 bits per heavy atom. The van der Waals surface area contributed by atoms with E-state index < -0.39 is 0 Å². The molecule has 0 aliphatic heterocycles. The number of aryl methyl sites for hydroxylation is 1. The van der Waals surface area contributed by atoms with Crippen molar-refractivity contribution in [1.82, 2.24) is 19.9 Å². The fourth-order valence-corrected chi connectivity index (χ4v) is 2.88. The van der Waals surface area contributed by atoms with Crippen LogP contribution in [0.4, 0.5) is 5.69 Å². The fourth-order valence-electron chi connectivity index (χ4n) is 1.98. The molecular weight excluding hydrogens is 270 g/mol. The van der Waals surface area contributed by atoms with Gasteiger partial charge in [-0.1, -0.05) is 12.1 Å². The summed E-state index contributed by atoms with van der Waals surface area (Å²) in [6.07, 6.45) is 5.35. The number of aromatic nitrogens is 4. The number of aromatic amines is 1. The highest BCUT2D eigenvalue weighted by molar-refractivity contribution is 7.99. The van der Waals surface area contributed by atoms with E-state index in [2.05, 4.69) is 32.1 Å². The Balaban J connectivity index is 1.55. The molecule has 3 rings (SSSR count). The summed E-state index contributed by atoms with van der Waals surface area (Å²) in [6.45, 7) is 0. The number of anilines is 1. The van der Waals surface area contributed by atoms with Gasteiger partial charge in [0.1, 0.15) is 16.9 Å². The van der Waals surface area contributed by atoms with Crippen LogP contribution in [0.2, 0.25) is 0 Å². The highest BCUT2D eigenvalue weighted by atomic mass is 32.2. The average molecular weight is 285 g/mol. The minimum Gasteiger partial charge on any atom is -0.399 e. The summed E-state index contributed by atoms with van der Waals surface area (Å²) in [5, 5.41) is 0.963. The molecule has 0 atom stereocenters. The predicted molar refractivity (Wildman–Crippen MR) is 81.6 cm³/mol. The number of H-pyrrole nitrogens is 1. The standard InChI is InChI=1S/C14H15N5S/c15-11-5-3-10(4-6-11)2-1-7-20-14-12-13(17-8-16-12)18-9-19-14/h3-6,8-9H,1-2,7,15H2,(H,16,17,18,19). The summed E-state index contributed by atoms with van der Waals surface area (Å²) in [4.78, 5) is 15.6. The molecule has 0 unspecified atom stereocenters. The summed E-state index contributed by atoms with van der Waals surface area (Å²) in [5.74, 6) is 1.01. The molecule has 0 amide bonds. The number of thioether (sulfide) groups is 1. The number of rotatable bonds is 5. The van der Waals surface area contributed by atoms with Gasteiger partial charge in [0.15, 0.2) is 5.65 Å². The van der Waals surface area contributed by atoms with E-state index in [4.69, 9.17) is 5.73 Å². The first kappa shape index (κ1) is 12.9. The Kier molecular flexibility index (Phi) is 3.83. The molecule has 102 valence electrons. The highest BCUT2D eigenvalue weighted by Crippen LogP contribution is 2.22. The molecule has 0 saturated carbocycles. The van der Waals surface area contributed by atoms with Crippen LogP contribution in [0.15, 0.2) is 41.9 Å². The van der Waals surface area contributed by atoms with E-state index in [1.54, 1.807) is 24.4 Å². The Labute approximate surface area is 121 Å². The minimum absolute atomic E-state index is 0.723. The minimum atomic E-state index is 0.723. The molecule has 3 aromatic rings. The number of benzene rings is 1. The number of nitrogens with two attached hydrogens (primary N) is 1. The lowest BCUT2D eigenvalue weighted by Crippen LogP contribution is -1.91. The van der Waals surface area contributed by atoms with Crippen LogP contribution >= 0.6 is 11.8 Å². The molecule has 3 N–H and O–H groups in total. The Bertz CT molecular complexity index is 692. The first-order valence-electron chi connectivity index (χ1n) is 6.44. The van der Waals surface area contributed by atoms with Crippen molar-refractivity contribution in [3.63, 3.8) is 0 Å². The van der Waals surface area contributed by atoms with Gasteiger partial charge in [-0.15, -0.1) is 11.8 Å². The SMILES string of the molecule is Nc1ccc(CCCSc2ncnc3nc[nH]c23)cc1. The van der Waals surface area contributed by atoms with Gasteiger partial charge in [-0.2, -0.15) is 0 Å². The highest BCUT2D eigenvalue weighted by Gasteiger charge is 2.05. The van der Waals surface area contributed by atoms with E-state index in [0.717, 1.165) is 40.5 Å². The first-order chi connectivity index (χ1) is 9.83. The number of nitrogen functional groups attached to an aromatic ring is 1. The zero-order valence-corrected chi connectivity index (χ0v) is 11.7. The lowest BCUT2D eigenvalue weighted by molar-refractivity contribution is 0.931. The van der Waals surface area contributed by atoms with Crippen LogP contribution in [0.3, 0.4) is 0 Å². The summed E-state index contributed by atoms with van der Waals surface area (Å²) in [7, 11) is 0. The van der Waals surface area contributed by atoms with Gasteiger partial charge >= 0.3 is 0 Å². The van der Waals surface area contributed by atoms with Gasteiger partial charge in [0.2, 0.25) is 0 Å². The Hall–Kier alpha value is -2.08. The maximum atomic E-state index is 5.67. The number of hydrogen-bond acceptors (Lipinski definition) is 5. The van der Waals surface area contributed by atoms with Gasteiger partial charge in [0, 0.05) is 5.69 Å². The van der Waals surface area contributed by atoms with Gasteiger partial charge in [-0.25, -0.2) is 15.0 Å². The maximum absolute atomic E-state index is 5.67. The lowest BCUT2D eigenvalue weighted by atomic mass is 10.1. The molecule has 0 aliphatic rings. The number of hydrogen-bond donors (Lipinski definition) is 2. The zero-order chi connectivity index (χ0) is 13.8. The summed E-state index contributed by atoms with van der Waals surface area (Å²) in [6, 6.07) is 8.05. The molecule has 1 aromatic carbocycles. The van der Waals surface area contributed by atoms with Gasteiger partial charge in [0.25, 0.3) is 0 Å². The topological polar surface area (TPSA) is 80.5 Å². The molecule has 20 heavy (non-hydrogen) atoms. The van der Waals surface area contributed by atoms with E-state index >= 15 is 0 Å². The van der Waals surface area contributed by atoms with E-state index in [1.165, 1.54) is 5.56 Å². The normalized spacial score (nSPS) is 11.0. The second-order valence-corrected chi connectivity index (χ2v) is 5.56. The van der Waals surface area contributed by atoms with Gasteiger partial charge in [-0.3, -0.25) is 0 Å². The third-order valence-corrected chi connectivity index (χ3v) is 4.09. The van der Waals surface area contributed by atoms with Crippen LogP contribution in [0.25, 0.3) is 11.2 Å². The fraction of sp³-hybridized carbons (Fsp3) is 0.214. The second-order valence-electron chi connectivity index (χ2n) is 4.47. The lowest BCUT2D eigenvalue weighted by Gasteiger charge is -2.03. The van der Waals surface area contributed by atoms with Crippen molar-refractivity contribution in [1.29, 1.82) is 0 Å². The van der Waals surface area contributed by atoms with Gasteiger partial charge in [-0.05, 0) is 36.3 Å². The van der Waals surface area contributed by atoms with E-state index in [1.807, 2.05) is 12.1 Å². The summed E-state index contributed by atoms with van der Waals surface area (Å²) < 4.78 is 0. The van der Waals surface area contributed by atoms with Gasteiger partial charge in [0.05, 0.1) is 6.33 Å². The Morgan fingerprint density at radius 3 is 2.80 bits per heavy atom. The number of nitrogens with one attached hydrogen (secondary N) is 1. The number of fused-ring (bicyclic) bond motifs is 1. The molecule has 6 heteroatoms. The molecule has 2 aromatic heterocycles. The van der Waals surface area contributed by atoms with Crippen molar-refractivity contribution in [2.45, 2.75) is 17.9 Å². The molecule has 5 nitrogen and oxygen atoms in total. The molecular formula is C14H15N5S. The van der Waals surface area contributed by atoms with E-state index in [9.17, 15) is 0 Å². The van der Waals surface area contributed by atoms with Crippen molar-refractivity contribution < 1.29 is 0 Å². The average Bonchev–Trinajstić information content (AvgIpc) is 2.94. The molecule has 2 heterocycles. The van der Waals surface area contributed by atoms with Crippen LogP contribution in [-0.4, -0.2) is 25.7 Å². The van der Waals surface area contributed by atoms with Crippen LogP contribution < -0.4 is 5.73 Å². The van der Waals surface area contributed by atoms with Crippen molar-refractivity contribution in [2.75, 3.05) is 11.5 Å². The smallest absolute Gasteiger partial charge is 0.181 e.